The van der Waals surface area contributed by atoms with Crippen molar-refractivity contribution in [2.45, 2.75) is 117 Å². The molecule has 1 aliphatic heterocycles. The van der Waals surface area contributed by atoms with Gasteiger partial charge in [0.15, 0.2) is 0 Å². The first-order valence-corrected chi connectivity index (χ1v) is 19.3. The molecule has 6 rings (SSSR count). The Labute approximate surface area is 311 Å². The quantitative estimate of drug-likeness (QED) is 0.152. The fourth-order valence-corrected chi connectivity index (χ4v) is 8.44. The van der Waals surface area contributed by atoms with Crippen LogP contribution in [0.4, 0.5) is 0 Å². The SMILES string of the molecule is CC(=O)N[C@@H](CCC(=O)NCCC(COCc1ccccc1)COCc1ccccc1)C(=O)N[C@@H](CC(C)C)B1O[C@@H]2C[C@@H]3C[C@@H](C3(C)C)[C@]2(C)O1. The molecule has 6 atom stereocenters. The lowest BCUT2D eigenvalue weighted by Crippen LogP contribution is -2.65. The maximum Gasteiger partial charge on any atom is 0.481 e. The number of carbonyl (C=O) groups excluding carboxylic acids is 3. The molecule has 3 N–H and O–H groups in total. The van der Waals surface area contributed by atoms with Gasteiger partial charge in [0.2, 0.25) is 17.7 Å². The molecule has 2 aromatic carbocycles. The van der Waals surface area contributed by atoms with Crippen molar-refractivity contribution in [2.75, 3.05) is 19.8 Å². The molecule has 10 nitrogen and oxygen atoms in total. The van der Waals surface area contributed by atoms with Gasteiger partial charge in [0, 0.05) is 25.8 Å². The molecule has 3 aliphatic carbocycles. The van der Waals surface area contributed by atoms with Gasteiger partial charge in [0.05, 0.1) is 44.1 Å². The number of ether oxygens (including phenoxy) is 2. The highest BCUT2D eigenvalue weighted by atomic mass is 16.7. The summed E-state index contributed by atoms with van der Waals surface area (Å²) < 4.78 is 25.3. The molecule has 3 amide bonds. The third kappa shape index (κ3) is 10.5. The van der Waals surface area contributed by atoms with Crippen LogP contribution in [-0.2, 0) is 46.4 Å². The Morgan fingerprint density at radius 3 is 2.06 bits per heavy atom. The van der Waals surface area contributed by atoms with Gasteiger partial charge in [-0.2, -0.15) is 0 Å². The second-order valence-corrected chi connectivity index (χ2v) is 16.4. The summed E-state index contributed by atoms with van der Waals surface area (Å²) in [7, 11) is -0.570. The third-order valence-electron chi connectivity index (χ3n) is 11.5. The molecule has 4 fully saturated rings. The molecule has 2 bridgehead atoms. The Hall–Kier alpha value is -3.25. The third-order valence-corrected chi connectivity index (χ3v) is 11.5. The molecule has 0 radical (unpaired) electrons. The number of hydrogen-bond acceptors (Lipinski definition) is 7. The van der Waals surface area contributed by atoms with Gasteiger partial charge in [0.1, 0.15) is 6.04 Å². The normalized spacial score (nSPS) is 24.2. The van der Waals surface area contributed by atoms with Crippen LogP contribution in [0.2, 0.25) is 0 Å². The summed E-state index contributed by atoms with van der Waals surface area (Å²) in [5, 5.41) is 8.92. The minimum absolute atomic E-state index is 0.00104. The van der Waals surface area contributed by atoms with Gasteiger partial charge >= 0.3 is 7.12 Å². The number of nitrogens with one attached hydrogen (secondary N) is 3. The van der Waals surface area contributed by atoms with Crippen molar-refractivity contribution < 1.29 is 33.2 Å². The second-order valence-electron chi connectivity index (χ2n) is 16.4. The summed E-state index contributed by atoms with van der Waals surface area (Å²) in [6.45, 7) is 14.9. The van der Waals surface area contributed by atoms with E-state index in [0.29, 0.717) is 57.6 Å². The number of amides is 3. The zero-order valence-electron chi connectivity index (χ0n) is 32.0. The molecule has 52 heavy (non-hydrogen) atoms. The highest BCUT2D eigenvalue weighted by Crippen LogP contribution is 2.65. The van der Waals surface area contributed by atoms with Crippen molar-refractivity contribution >= 4 is 24.8 Å². The Bertz CT molecular complexity index is 1420. The fraction of sp³-hybridized carbons (Fsp3) is 0.634. The van der Waals surface area contributed by atoms with E-state index in [1.165, 1.54) is 6.92 Å². The van der Waals surface area contributed by atoms with E-state index < -0.39 is 13.2 Å². The topological polar surface area (TPSA) is 124 Å². The molecular weight excluding hydrogens is 657 g/mol. The van der Waals surface area contributed by atoms with Crippen LogP contribution in [0.25, 0.3) is 0 Å². The summed E-state index contributed by atoms with van der Waals surface area (Å²) in [6, 6.07) is 19.2. The van der Waals surface area contributed by atoms with Crippen LogP contribution in [0.3, 0.4) is 0 Å². The fourth-order valence-electron chi connectivity index (χ4n) is 8.44. The van der Waals surface area contributed by atoms with Gasteiger partial charge in [-0.25, -0.2) is 0 Å². The second kappa shape index (κ2) is 18.2. The maximum absolute atomic E-state index is 13.7. The smallest absolute Gasteiger partial charge is 0.404 e. The van der Waals surface area contributed by atoms with Gasteiger partial charge in [0.25, 0.3) is 0 Å². The molecule has 1 heterocycles. The Balaban J connectivity index is 1.11. The number of rotatable bonds is 20. The van der Waals surface area contributed by atoms with Crippen LogP contribution < -0.4 is 16.0 Å². The summed E-state index contributed by atoms with van der Waals surface area (Å²) in [6.07, 6.45) is 3.69. The van der Waals surface area contributed by atoms with E-state index in [-0.39, 0.29) is 65.5 Å². The molecule has 0 unspecified atom stereocenters. The Kier molecular flexibility index (Phi) is 14.0. The van der Waals surface area contributed by atoms with Gasteiger partial charge < -0.3 is 34.7 Å². The van der Waals surface area contributed by atoms with E-state index in [4.69, 9.17) is 18.8 Å². The van der Waals surface area contributed by atoms with Crippen molar-refractivity contribution in [1.29, 1.82) is 0 Å². The zero-order valence-corrected chi connectivity index (χ0v) is 32.0. The van der Waals surface area contributed by atoms with E-state index in [1.54, 1.807) is 0 Å². The minimum atomic E-state index is -0.866. The first kappa shape index (κ1) is 40.0. The lowest BCUT2D eigenvalue weighted by atomic mass is 9.43. The number of carbonyl (C=O) groups is 3. The van der Waals surface area contributed by atoms with Gasteiger partial charge in [-0.15, -0.1) is 0 Å². The molecule has 11 heteroatoms. The molecular formula is C41H60BN3O7. The van der Waals surface area contributed by atoms with E-state index in [0.717, 1.165) is 24.0 Å². The molecule has 2 aromatic rings. The lowest BCUT2D eigenvalue weighted by Gasteiger charge is -2.64. The van der Waals surface area contributed by atoms with Gasteiger partial charge in [-0.05, 0) is 73.3 Å². The van der Waals surface area contributed by atoms with E-state index in [1.807, 2.05) is 60.7 Å². The average Bonchev–Trinajstić information content (AvgIpc) is 3.47. The molecule has 4 aliphatic rings. The monoisotopic (exact) mass is 717 g/mol. The highest BCUT2D eigenvalue weighted by Gasteiger charge is 2.68. The van der Waals surface area contributed by atoms with E-state index >= 15 is 0 Å². The number of benzene rings is 2. The van der Waals surface area contributed by atoms with E-state index in [2.05, 4.69) is 50.6 Å². The van der Waals surface area contributed by atoms with Crippen LogP contribution in [0.1, 0.15) is 91.2 Å². The predicted molar refractivity (Wildman–Crippen MR) is 202 cm³/mol. The summed E-state index contributed by atoms with van der Waals surface area (Å²) >= 11 is 0. The lowest BCUT2D eigenvalue weighted by molar-refractivity contribution is -0.199. The average molecular weight is 718 g/mol. The minimum Gasteiger partial charge on any atom is -0.404 e. The van der Waals surface area contributed by atoms with E-state index in [9.17, 15) is 14.4 Å². The van der Waals surface area contributed by atoms with Gasteiger partial charge in [-0.3, -0.25) is 14.4 Å². The Morgan fingerprint density at radius 1 is 0.885 bits per heavy atom. The summed E-state index contributed by atoms with van der Waals surface area (Å²) in [5.41, 5.74) is 2.03. The zero-order chi connectivity index (χ0) is 37.3. The molecule has 1 saturated heterocycles. The molecule has 0 spiro atoms. The molecule has 3 saturated carbocycles. The van der Waals surface area contributed by atoms with Crippen LogP contribution in [0.5, 0.6) is 0 Å². The van der Waals surface area contributed by atoms with Crippen LogP contribution >= 0.6 is 0 Å². The van der Waals surface area contributed by atoms with Crippen LogP contribution in [0, 0.1) is 29.1 Å². The summed E-state index contributed by atoms with van der Waals surface area (Å²) in [4.78, 5) is 38.9. The van der Waals surface area contributed by atoms with Crippen LogP contribution in [-0.4, -0.2) is 68.3 Å². The first-order valence-electron chi connectivity index (χ1n) is 19.3. The van der Waals surface area contributed by atoms with Crippen molar-refractivity contribution in [3.63, 3.8) is 0 Å². The summed E-state index contributed by atoms with van der Waals surface area (Å²) in [5.74, 6) is 0.153. The largest absolute Gasteiger partial charge is 0.481 e. The van der Waals surface area contributed by atoms with Crippen molar-refractivity contribution in [3.05, 3.63) is 71.8 Å². The van der Waals surface area contributed by atoms with Crippen molar-refractivity contribution in [1.82, 2.24) is 16.0 Å². The first-order chi connectivity index (χ1) is 24.8. The Morgan fingerprint density at radius 2 is 1.50 bits per heavy atom. The predicted octanol–water partition coefficient (Wildman–Crippen LogP) is 5.63. The number of hydrogen-bond donors (Lipinski definition) is 3. The van der Waals surface area contributed by atoms with Crippen LogP contribution in [0.15, 0.2) is 60.7 Å². The van der Waals surface area contributed by atoms with Crippen molar-refractivity contribution in [3.8, 4) is 0 Å². The van der Waals surface area contributed by atoms with Crippen molar-refractivity contribution in [2.24, 2.45) is 29.1 Å². The molecule has 0 aromatic heterocycles. The highest BCUT2D eigenvalue weighted by molar-refractivity contribution is 6.48. The molecule has 284 valence electrons. The standard InChI is InChI=1S/C41H60BN3O7/c1-28(2)21-37(42-51-36-23-33-22-35(40(33,4)5)41(36,6)52-42)45-39(48)34(44-29(3)46)17-18-38(47)43-20-19-32(26-49-24-30-13-9-7-10-14-30)27-50-25-31-15-11-8-12-16-31/h7-16,28,32-37H,17-27H2,1-6H3,(H,43,47)(H,44,46)(H,45,48)/t33-,34-,35-,36+,37-,41-/m0/s1. The maximum atomic E-state index is 13.7. The van der Waals surface area contributed by atoms with Gasteiger partial charge in [-0.1, -0.05) is 88.4 Å².